The summed E-state index contributed by atoms with van der Waals surface area (Å²) >= 11 is 6.14. The van der Waals surface area contributed by atoms with Gasteiger partial charge in [-0.05, 0) is 54.8 Å². The molecule has 3 aromatic rings. The molecule has 31 heavy (non-hydrogen) atoms. The van der Waals surface area contributed by atoms with Crippen LogP contribution in [0.3, 0.4) is 0 Å². The molecule has 0 unspecified atom stereocenters. The Labute approximate surface area is 185 Å². The second-order valence-corrected chi connectivity index (χ2v) is 7.33. The van der Waals surface area contributed by atoms with Crippen LogP contribution in [0, 0.1) is 13.8 Å². The fourth-order valence-electron chi connectivity index (χ4n) is 2.73. The lowest BCUT2D eigenvalue weighted by atomic mass is 10.1. The number of halogens is 1. The zero-order valence-electron chi connectivity index (χ0n) is 17.2. The molecule has 0 aliphatic rings. The number of benzene rings is 3. The summed E-state index contributed by atoms with van der Waals surface area (Å²) in [6.07, 6.45) is 1.44. The highest BCUT2D eigenvalue weighted by molar-refractivity contribution is 6.39. The van der Waals surface area contributed by atoms with Crippen LogP contribution < -0.4 is 15.5 Å². The standard InChI is InChI=1S/C24H22ClN3O3/c1-16-10-11-17(2)22(12-16)27-23(29)24(30)28-26-14-18-6-5-8-20(13-18)31-15-19-7-3-4-9-21(19)25/h3-14H,15H2,1-2H3,(H,27,29)(H,28,30). The number of amides is 2. The van der Waals surface area contributed by atoms with E-state index in [1.54, 1.807) is 24.3 Å². The number of hydrogen-bond donors (Lipinski definition) is 2. The zero-order valence-corrected chi connectivity index (χ0v) is 17.9. The third-order valence-electron chi connectivity index (χ3n) is 4.44. The Balaban J connectivity index is 1.55. The number of ether oxygens (including phenoxy) is 1. The van der Waals surface area contributed by atoms with Crippen LogP contribution in [0.25, 0.3) is 0 Å². The van der Waals surface area contributed by atoms with Crippen molar-refractivity contribution < 1.29 is 14.3 Å². The van der Waals surface area contributed by atoms with Crippen LogP contribution >= 0.6 is 11.6 Å². The topological polar surface area (TPSA) is 79.8 Å². The molecular weight excluding hydrogens is 414 g/mol. The Morgan fingerprint density at radius 3 is 2.61 bits per heavy atom. The van der Waals surface area contributed by atoms with Gasteiger partial charge < -0.3 is 10.1 Å². The Hall–Kier alpha value is -3.64. The fourth-order valence-corrected chi connectivity index (χ4v) is 2.92. The van der Waals surface area contributed by atoms with E-state index in [1.807, 2.05) is 56.3 Å². The van der Waals surface area contributed by atoms with Crippen molar-refractivity contribution in [3.05, 3.63) is 94.0 Å². The quantitative estimate of drug-likeness (QED) is 0.336. The summed E-state index contributed by atoms with van der Waals surface area (Å²) in [5.74, 6) is -1.02. The third kappa shape index (κ3) is 6.42. The maximum absolute atomic E-state index is 12.1. The van der Waals surface area contributed by atoms with Crippen LogP contribution in [0.4, 0.5) is 5.69 Å². The van der Waals surface area contributed by atoms with Crippen molar-refractivity contribution in [1.82, 2.24) is 5.43 Å². The van der Waals surface area contributed by atoms with Gasteiger partial charge in [0.05, 0.1) is 6.21 Å². The number of nitrogens with zero attached hydrogens (tertiary/aromatic N) is 1. The van der Waals surface area contributed by atoms with Gasteiger partial charge in [0, 0.05) is 16.3 Å². The van der Waals surface area contributed by atoms with Crippen molar-refractivity contribution in [3.8, 4) is 5.75 Å². The van der Waals surface area contributed by atoms with Crippen molar-refractivity contribution >= 4 is 35.3 Å². The van der Waals surface area contributed by atoms with Crippen molar-refractivity contribution in [2.75, 3.05) is 5.32 Å². The Morgan fingerprint density at radius 1 is 1.00 bits per heavy atom. The molecule has 2 N–H and O–H groups in total. The van der Waals surface area contributed by atoms with E-state index in [0.29, 0.717) is 28.6 Å². The van der Waals surface area contributed by atoms with Crippen LogP contribution in [0.1, 0.15) is 22.3 Å². The molecule has 0 atom stereocenters. The summed E-state index contributed by atoms with van der Waals surface area (Å²) in [6, 6.07) is 20.3. The van der Waals surface area contributed by atoms with Crippen molar-refractivity contribution in [1.29, 1.82) is 0 Å². The van der Waals surface area contributed by atoms with Crippen LogP contribution in [-0.4, -0.2) is 18.0 Å². The van der Waals surface area contributed by atoms with Gasteiger partial charge in [-0.3, -0.25) is 9.59 Å². The first-order valence-corrected chi connectivity index (χ1v) is 9.98. The Kier molecular flexibility index (Phi) is 7.40. The molecule has 0 spiro atoms. The van der Waals surface area contributed by atoms with Crippen molar-refractivity contribution in [2.24, 2.45) is 5.10 Å². The molecule has 0 saturated carbocycles. The normalized spacial score (nSPS) is 10.7. The first-order chi connectivity index (χ1) is 14.9. The predicted octanol–water partition coefficient (Wildman–Crippen LogP) is 4.62. The summed E-state index contributed by atoms with van der Waals surface area (Å²) in [5, 5.41) is 7.09. The van der Waals surface area contributed by atoms with E-state index in [1.165, 1.54) is 6.21 Å². The molecule has 0 aromatic heterocycles. The molecule has 3 aromatic carbocycles. The lowest BCUT2D eigenvalue weighted by molar-refractivity contribution is -0.136. The number of aryl methyl sites for hydroxylation is 2. The number of rotatable bonds is 6. The SMILES string of the molecule is Cc1ccc(C)c(NC(=O)C(=O)NN=Cc2cccc(OCc3ccccc3Cl)c2)c1. The molecule has 0 aliphatic heterocycles. The minimum Gasteiger partial charge on any atom is -0.489 e. The molecule has 0 bridgehead atoms. The Morgan fingerprint density at radius 2 is 1.81 bits per heavy atom. The van der Waals surface area contributed by atoms with Gasteiger partial charge in [0.1, 0.15) is 12.4 Å². The smallest absolute Gasteiger partial charge is 0.329 e. The summed E-state index contributed by atoms with van der Waals surface area (Å²) in [6.45, 7) is 4.09. The molecule has 2 amide bonds. The molecule has 0 heterocycles. The maximum Gasteiger partial charge on any atom is 0.329 e. The van der Waals surface area contributed by atoms with E-state index in [2.05, 4.69) is 15.8 Å². The molecule has 0 aliphatic carbocycles. The van der Waals surface area contributed by atoms with Crippen molar-refractivity contribution in [2.45, 2.75) is 20.5 Å². The summed E-state index contributed by atoms with van der Waals surface area (Å²) in [5.41, 5.74) is 6.25. The van der Waals surface area contributed by atoms with Crippen LogP contribution in [0.5, 0.6) is 5.75 Å². The minimum atomic E-state index is -0.858. The summed E-state index contributed by atoms with van der Waals surface area (Å²) in [4.78, 5) is 24.1. The van der Waals surface area contributed by atoms with Crippen molar-refractivity contribution in [3.63, 3.8) is 0 Å². The third-order valence-corrected chi connectivity index (χ3v) is 4.81. The number of nitrogens with one attached hydrogen (secondary N) is 2. The molecule has 0 fully saturated rings. The van der Waals surface area contributed by atoms with E-state index >= 15 is 0 Å². The number of carbonyl (C=O) groups excluding carboxylic acids is 2. The minimum absolute atomic E-state index is 0.329. The number of hydrazone groups is 1. The lowest BCUT2D eigenvalue weighted by Gasteiger charge is -2.08. The molecular formula is C24H22ClN3O3. The Bertz CT molecular complexity index is 1130. The summed E-state index contributed by atoms with van der Waals surface area (Å²) in [7, 11) is 0. The van der Waals surface area contributed by atoms with Gasteiger partial charge in [0.15, 0.2) is 0 Å². The van der Waals surface area contributed by atoms with E-state index in [0.717, 1.165) is 16.7 Å². The molecule has 3 rings (SSSR count). The number of anilines is 1. The zero-order chi connectivity index (χ0) is 22.2. The van der Waals surface area contributed by atoms with Crippen LogP contribution in [0.2, 0.25) is 5.02 Å². The molecule has 6 nitrogen and oxygen atoms in total. The largest absolute Gasteiger partial charge is 0.489 e. The highest BCUT2D eigenvalue weighted by Gasteiger charge is 2.14. The van der Waals surface area contributed by atoms with Gasteiger partial charge in [-0.15, -0.1) is 0 Å². The number of hydrogen-bond acceptors (Lipinski definition) is 4. The monoisotopic (exact) mass is 435 g/mol. The van der Waals surface area contributed by atoms with Gasteiger partial charge in [-0.1, -0.05) is 54.1 Å². The molecule has 0 radical (unpaired) electrons. The first-order valence-electron chi connectivity index (χ1n) is 9.60. The fraction of sp³-hybridized carbons (Fsp3) is 0.125. The second kappa shape index (κ2) is 10.4. The van der Waals surface area contributed by atoms with E-state index < -0.39 is 11.8 Å². The van der Waals surface area contributed by atoms with Crippen LogP contribution in [-0.2, 0) is 16.2 Å². The van der Waals surface area contributed by atoms with Gasteiger partial charge in [0.2, 0.25) is 0 Å². The van der Waals surface area contributed by atoms with Gasteiger partial charge >= 0.3 is 11.8 Å². The predicted molar refractivity (Wildman–Crippen MR) is 123 cm³/mol. The number of carbonyl (C=O) groups is 2. The maximum atomic E-state index is 12.1. The average molecular weight is 436 g/mol. The average Bonchev–Trinajstić information content (AvgIpc) is 2.76. The van der Waals surface area contributed by atoms with Gasteiger partial charge in [0.25, 0.3) is 0 Å². The molecule has 0 saturated heterocycles. The first kappa shape index (κ1) is 22.1. The van der Waals surface area contributed by atoms with Gasteiger partial charge in [-0.25, -0.2) is 5.43 Å². The van der Waals surface area contributed by atoms with Gasteiger partial charge in [-0.2, -0.15) is 5.10 Å². The molecule has 158 valence electrons. The van der Waals surface area contributed by atoms with E-state index in [-0.39, 0.29) is 0 Å². The van der Waals surface area contributed by atoms with E-state index in [4.69, 9.17) is 16.3 Å². The summed E-state index contributed by atoms with van der Waals surface area (Å²) < 4.78 is 5.77. The highest BCUT2D eigenvalue weighted by Crippen LogP contribution is 2.19. The second-order valence-electron chi connectivity index (χ2n) is 6.92. The van der Waals surface area contributed by atoms with E-state index in [9.17, 15) is 9.59 Å². The van der Waals surface area contributed by atoms with Crippen LogP contribution in [0.15, 0.2) is 71.8 Å². The molecule has 7 heteroatoms. The highest BCUT2D eigenvalue weighted by atomic mass is 35.5. The lowest BCUT2D eigenvalue weighted by Crippen LogP contribution is -2.32.